The molecule has 80 heavy (non-hydrogen) atoms. The number of nitrogens with zero attached hydrogens (tertiary/aromatic N) is 3. The number of carboxylic acids is 1. The van der Waals surface area contributed by atoms with E-state index in [4.69, 9.17) is 9.57 Å². The molecule has 1 aromatic heterocycles. The average molecular weight is 1070 g/mol. The number of pyridine rings is 1. The van der Waals surface area contributed by atoms with Crippen LogP contribution in [0, 0.1) is 43.4 Å². The molecule has 13 nitrogen and oxygen atoms in total. The number of imide groups is 1. The quantitative estimate of drug-likeness (QED) is 0.0791. The summed E-state index contributed by atoms with van der Waals surface area (Å²) in [5.74, 6) is 9.85. The van der Waals surface area contributed by atoms with Gasteiger partial charge in [-0.25, -0.2) is 14.9 Å². The number of hydrogen-bond acceptors (Lipinski definition) is 9. The zero-order valence-corrected chi connectivity index (χ0v) is 46.4. The first-order valence-electron chi connectivity index (χ1n) is 26.6. The van der Waals surface area contributed by atoms with E-state index >= 15 is 0 Å². The van der Waals surface area contributed by atoms with Gasteiger partial charge in [0.1, 0.15) is 17.5 Å². The molecule has 4 amide bonds. The lowest BCUT2D eigenvalue weighted by Gasteiger charge is -2.30. The summed E-state index contributed by atoms with van der Waals surface area (Å²) in [6, 6.07) is 42.4. The number of aliphatic carboxylic acids is 1. The van der Waals surface area contributed by atoms with Gasteiger partial charge in [0.15, 0.2) is 6.10 Å². The van der Waals surface area contributed by atoms with Crippen LogP contribution in [0.1, 0.15) is 137 Å². The number of ether oxygens (including phenoxy) is 1. The molecular weight excluding hydrogens is 1000 g/mol. The van der Waals surface area contributed by atoms with E-state index in [-0.39, 0.29) is 34.4 Å². The van der Waals surface area contributed by atoms with Gasteiger partial charge in [-0.05, 0) is 174 Å². The molecule has 0 spiro atoms. The van der Waals surface area contributed by atoms with Crippen molar-refractivity contribution in [3.63, 3.8) is 0 Å². The topological polar surface area (TPSA) is 167 Å². The minimum Gasteiger partial charge on any atom is -0.494 e. The van der Waals surface area contributed by atoms with Crippen molar-refractivity contribution in [3.05, 3.63) is 212 Å². The highest BCUT2D eigenvalue weighted by Gasteiger charge is 2.60. The van der Waals surface area contributed by atoms with Crippen LogP contribution in [0.2, 0.25) is 0 Å². The fraction of sp³-hybridized carbons (Fsp3) is 0.254. The predicted molar refractivity (Wildman–Crippen MR) is 311 cm³/mol. The number of benzene rings is 6. The lowest BCUT2D eigenvalue weighted by atomic mass is 9.86. The number of anilines is 4. The molecule has 2 aliphatic rings. The zero-order chi connectivity index (χ0) is 57.0. The molecule has 2 fully saturated rings. The average Bonchev–Trinajstić information content (AvgIpc) is 4.09. The van der Waals surface area contributed by atoms with E-state index in [0.717, 1.165) is 33.7 Å². The van der Waals surface area contributed by atoms with Crippen LogP contribution in [0.4, 0.5) is 22.9 Å². The van der Waals surface area contributed by atoms with Crippen LogP contribution < -0.4 is 25.3 Å². The molecule has 2 aliphatic heterocycles. The third-order valence-electron chi connectivity index (χ3n) is 13.8. The van der Waals surface area contributed by atoms with Crippen LogP contribution in [0.5, 0.6) is 5.75 Å². The SMILES string of the molecule is CCCOc1cc(CC(=O)O)cc(C2[C@@H]3C(=O)N(c4ccc(NC(=O)c5cc(C#Cc6ccc(C(=O)Nc7cc(C)cc(C)n7)cc6)cc(C#Cc6ccc(C(C)(C)C)cc6)c5)cc4)C(=O)[C@@H]3ON2c2ccc(C(C)(C)C)cc2)c1. The number of hydroxylamine groups is 1. The fourth-order valence-corrected chi connectivity index (χ4v) is 9.72. The van der Waals surface area contributed by atoms with Gasteiger partial charge in [-0.1, -0.05) is 102 Å². The van der Waals surface area contributed by atoms with Gasteiger partial charge in [-0.15, -0.1) is 0 Å². The number of hydrogen-bond donors (Lipinski definition) is 3. The smallest absolute Gasteiger partial charge is 0.307 e. The second-order valence-electron chi connectivity index (χ2n) is 22.3. The molecule has 3 atom stereocenters. The summed E-state index contributed by atoms with van der Waals surface area (Å²) in [4.78, 5) is 80.5. The van der Waals surface area contributed by atoms with E-state index < -0.39 is 41.8 Å². The summed E-state index contributed by atoms with van der Waals surface area (Å²) in [7, 11) is 0. The Morgan fingerprint density at radius 3 is 1.77 bits per heavy atom. The van der Waals surface area contributed by atoms with Crippen molar-refractivity contribution in [2.75, 3.05) is 27.2 Å². The largest absolute Gasteiger partial charge is 0.494 e. The van der Waals surface area contributed by atoms with E-state index in [1.165, 1.54) is 5.56 Å². The van der Waals surface area contributed by atoms with Crippen molar-refractivity contribution in [3.8, 4) is 29.4 Å². The van der Waals surface area contributed by atoms with Crippen molar-refractivity contribution in [2.45, 2.75) is 98.1 Å². The van der Waals surface area contributed by atoms with E-state index in [1.807, 2.05) is 75.4 Å². The number of fused-ring (bicyclic) bond motifs is 1. The minimum atomic E-state index is -1.20. The zero-order valence-electron chi connectivity index (χ0n) is 46.4. The highest BCUT2D eigenvalue weighted by Crippen LogP contribution is 2.49. The molecule has 0 bridgehead atoms. The number of aromatic nitrogens is 1. The Labute approximate surface area is 467 Å². The molecule has 9 rings (SSSR count). The molecule has 6 aromatic carbocycles. The monoisotopic (exact) mass is 1070 g/mol. The number of aryl methyl sites for hydroxylation is 2. The molecule has 0 aliphatic carbocycles. The van der Waals surface area contributed by atoms with E-state index in [9.17, 15) is 29.1 Å². The Balaban J connectivity index is 0.972. The predicted octanol–water partition coefficient (Wildman–Crippen LogP) is 12.1. The maximum absolute atomic E-state index is 14.8. The van der Waals surface area contributed by atoms with Gasteiger partial charge >= 0.3 is 5.97 Å². The summed E-state index contributed by atoms with van der Waals surface area (Å²) in [6.45, 7) is 18.9. The molecule has 0 radical (unpaired) electrons. The van der Waals surface area contributed by atoms with Crippen LogP contribution in [0.25, 0.3) is 0 Å². The fourth-order valence-electron chi connectivity index (χ4n) is 9.72. The van der Waals surface area contributed by atoms with Gasteiger partial charge in [0, 0.05) is 44.8 Å². The first-order valence-corrected chi connectivity index (χ1v) is 26.6. The second kappa shape index (κ2) is 23.0. The number of carboxylic acid groups (broad SMARTS) is 1. The molecule has 3 N–H and O–H groups in total. The molecule has 2 saturated heterocycles. The van der Waals surface area contributed by atoms with Gasteiger partial charge in [0.05, 0.1) is 30.4 Å². The van der Waals surface area contributed by atoms with Crippen molar-refractivity contribution >= 4 is 52.5 Å². The summed E-state index contributed by atoms with van der Waals surface area (Å²) in [5, 5.41) is 17.2. The number of amides is 4. The summed E-state index contributed by atoms with van der Waals surface area (Å²) in [5.41, 5.74) is 9.47. The maximum Gasteiger partial charge on any atom is 0.307 e. The van der Waals surface area contributed by atoms with E-state index in [0.29, 0.717) is 62.9 Å². The van der Waals surface area contributed by atoms with Crippen LogP contribution in [0.15, 0.2) is 146 Å². The van der Waals surface area contributed by atoms with Gasteiger partial charge in [-0.2, -0.15) is 0 Å². The van der Waals surface area contributed by atoms with Crippen molar-refractivity contribution in [1.29, 1.82) is 0 Å². The lowest BCUT2D eigenvalue weighted by Crippen LogP contribution is -2.37. The first kappa shape index (κ1) is 55.5. The molecule has 404 valence electrons. The Hall–Kier alpha value is -9.30. The van der Waals surface area contributed by atoms with Crippen LogP contribution >= 0.6 is 0 Å². The Morgan fingerprint density at radius 2 is 1.20 bits per heavy atom. The van der Waals surface area contributed by atoms with Crippen LogP contribution in [-0.4, -0.2) is 52.4 Å². The summed E-state index contributed by atoms with van der Waals surface area (Å²) < 4.78 is 6.03. The normalized spacial score (nSPS) is 15.8. The minimum absolute atomic E-state index is 0.0228. The second-order valence-corrected chi connectivity index (χ2v) is 22.3. The van der Waals surface area contributed by atoms with E-state index in [1.54, 1.807) is 83.9 Å². The number of nitrogens with one attached hydrogen (secondary N) is 2. The highest BCUT2D eigenvalue weighted by molar-refractivity contribution is 6.24. The lowest BCUT2D eigenvalue weighted by molar-refractivity contribution is -0.136. The Bertz CT molecular complexity index is 3640. The van der Waals surface area contributed by atoms with E-state index in [2.05, 4.69) is 93.0 Å². The summed E-state index contributed by atoms with van der Waals surface area (Å²) >= 11 is 0. The number of carbonyl (C=O) groups is 5. The van der Waals surface area contributed by atoms with Crippen LogP contribution in [0.3, 0.4) is 0 Å². The molecular formula is C67H63N5O8. The molecule has 13 heteroatoms. The maximum atomic E-state index is 14.8. The third kappa shape index (κ3) is 12.8. The Kier molecular flexibility index (Phi) is 15.9. The van der Waals surface area contributed by atoms with Crippen molar-refractivity contribution < 1.29 is 38.7 Å². The molecule has 0 saturated carbocycles. The number of rotatable bonds is 12. The molecule has 7 aromatic rings. The van der Waals surface area contributed by atoms with Gasteiger partial charge in [0.2, 0.25) is 5.91 Å². The van der Waals surface area contributed by atoms with Gasteiger partial charge < -0.3 is 20.5 Å². The standard InChI is InChI=1S/C67H63N5O8/c1-10-31-79-56-38-47(39-58(73)74)37-49(40-56)60-59-61(80-72(60)55-27-23-52(24-28-55)67(7,8)9)65(78)71(64(59)77)54-29-25-53(26-30-54)69-63(76)50-35-45(34-46(36-50)14-12-44-17-21-51(22-18-44)66(4,5)6)13-11-43-15-19-48(20-16-43)62(75)70-57-33-41(2)32-42(3)68-57/h15-30,32-38,40,59-61H,10,31,39H2,1-9H3,(H,69,76)(H,73,74)(H,68,70,75)/t59-,60?,61+/m0/s1. The first-order chi connectivity index (χ1) is 38.1. The number of carbonyl (C=O) groups excluding carboxylic acids is 4. The van der Waals surface area contributed by atoms with Crippen molar-refractivity contribution in [1.82, 2.24) is 4.98 Å². The van der Waals surface area contributed by atoms with Crippen LogP contribution in [-0.2, 0) is 36.5 Å². The Morgan fingerprint density at radius 1 is 0.637 bits per heavy atom. The molecule has 1 unspecified atom stereocenters. The molecule has 3 heterocycles. The van der Waals surface area contributed by atoms with Gasteiger partial charge in [-0.3, -0.25) is 28.8 Å². The van der Waals surface area contributed by atoms with Crippen molar-refractivity contribution in [2.24, 2.45) is 5.92 Å². The third-order valence-corrected chi connectivity index (χ3v) is 13.8. The highest BCUT2D eigenvalue weighted by atomic mass is 16.7. The summed E-state index contributed by atoms with van der Waals surface area (Å²) in [6.07, 6.45) is -0.769. The van der Waals surface area contributed by atoms with Gasteiger partial charge in [0.25, 0.3) is 17.7 Å².